The van der Waals surface area contributed by atoms with E-state index in [1.807, 2.05) is 6.07 Å². The molecule has 0 aliphatic carbocycles. The minimum atomic E-state index is -0.372. The van der Waals surface area contributed by atoms with Crippen LogP contribution in [0.25, 0.3) is 0 Å². The van der Waals surface area contributed by atoms with Crippen LogP contribution < -0.4 is 15.8 Å². The number of rotatable bonds is 3. The summed E-state index contributed by atoms with van der Waals surface area (Å²) in [6.07, 6.45) is 1.34. The van der Waals surface area contributed by atoms with E-state index >= 15 is 0 Å². The largest absolute Gasteiger partial charge is 0.495 e. The van der Waals surface area contributed by atoms with Crippen LogP contribution in [0, 0.1) is 0 Å². The molecule has 6 heteroatoms. The summed E-state index contributed by atoms with van der Waals surface area (Å²) < 4.78 is 5.15. The lowest BCUT2D eigenvalue weighted by molar-refractivity contribution is 0.102. The Labute approximate surface area is 115 Å². The number of methoxy groups -OCH3 is 1. The number of nitrogens with one attached hydrogen (secondary N) is 1. The van der Waals surface area contributed by atoms with E-state index < -0.39 is 0 Å². The van der Waals surface area contributed by atoms with E-state index in [-0.39, 0.29) is 22.3 Å². The molecule has 1 aromatic carbocycles. The molecule has 19 heavy (non-hydrogen) atoms. The van der Waals surface area contributed by atoms with Gasteiger partial charge in [-0.1, -0.05) is 23.7 Å². The first kappa shape index (κ1) is 13.2. The van der Waals surface area contributed by atoms with E-state index in [1.54, 1.807) is 18.2 Å². The van der Waals surface area contributed by atoms with Gasteiger partial charge in [-0.25, -0.2) is 4.98 Å². The lowest BCUT2D eigenvalue weighted by Crippen LogP contribution is -2.14. The number of pyridine rings is 1. The molecule has 0 bridgehead atoms. The van der Waals surface area contributed by atoms with Gasteiger partial charge in [0.15, 0.2) is 0 Å². The van der Waals surface area contributed by atoms with E-state index in [9.17, 15) is 4.79 Å². The quantitative estimate of drug-likeness (QED) is 0.904. The summed E-state index contributed by atoms with van der Waals surface area (Å²) in [5.41, 5.74) is 6.36. The first-order chi connectivity index (χ1) is 9.11. The molecule has 2 rings (SSSR count). The summed E-state index contributed by atoms with van der Waals surface area (Å²) in [4.78, 5) is 15.9. The summed E-state index contributed by atoms with van der Waals surface area (Å²) in [7, 11) is 1.53. The first-order valence-electron chi connectivity index (χ1n) is 5.47. The molecule has 1 aromatic heterocycles. The molecular weight excluding hydrogens is 266 g/mol. The highest BCUT2D eigenvalue weighted by Gasteiger charge is 2.13. The number of anilines is 2. The predicted molar refractivity (Wildman–Crippen MR) is 74.6 cm³/mol. The number of para-hydroxylation sites is 2. The van der Waals surface area contributed by atoms with Crippen molar-refractivity contribution in [1.82, 2.24) is 4.98 Å². The highest BCUT2D eigenvalue weighted by molar-refractivity contribution is 6.34. The maximum atomic E-state index is 12.1. The third kappa shape index (κ3) is 2.95. The number of halogens is 1. The van der Waals surface area contributed by atoms with Crippen molar-refractivity contribution >= 4 is 29.0 Å². The number of nitrogens with zero attached hydrogens (tertiary/aromatic N) is 1. The van der Waals surface area contributed by atoms with Crippen molar-refractivity contribution in [2.45, 2.75) is 0 Å². The highest BCUT2D eigenvalue weighted by Crippen LogP contribution is 2.25. The summed E-state index contributed by atoms with van der Waals surface area (Å²) >= 11 is 5.92. The Morgan fingerprint density at radius 1 is 1.42 bits per heavy atom. The van der Waals surface area contributed by atoms with Gasteiger partial charge in [0.1, 0.15) is 11.6 Å². The SMILES string of the molecule is COc1ccccc1NC(=O)c1cc(N)ncc1Cl. The molecule has 0 aliphatic rings. The summed E-state index contributed by atoms with van der Waals surface area (Å²) in [5, 5.41) is 2.95. The van der Waals surface area contributed by atoms with E-state index in [0.29, 0.717) is 11.4 Å². The zero-order chi connectivity index (χ0) is 13.8. The van der Waals surface area contributed by atoms with Gasteiger partial charge >= 0.3 is 0 Å². The molecule has 0 saturated carbocycles. The van der Waals surface area contributed by atoms with Gasteiger partial charge < -0.3 is 15.8 Å². The van der Waals surface area contributed by atoms with Crippen LogP contribution >= 0.6 is 11.6 Å². The van der Waals surface area contributed by atoms with Gasteiger partial charge in [-0.05, 0) is 18.2 Å². The molecule has 98 valence electrons. The molecule has 0 atom stereocenters. The normalized spacial score (nSPS) is 10.0. The molecule has 1 amide bonds. The second-order valence-corrected chi connectivity index (χ2v) is 4.15. The number of hydrogen-bond donors (Lipinski definition) is 2. The fraction of sp³-hybridized carbons (Fsp3) is 0.0769. The van der Waals surface area contributed by atoms with E-state index in [0.717, 1.165) is 0 Å². The van der Waals surface area contributed by atoms with Crippen molar-refractivity contribution in [3.05, 3.63) is 47.1 Å². The monoisotopic (exact) mass is 277 g/mol. The Hall–Kier alpha value is -2.27. The number of aromatic nitrogens is 1. The molecule has 5 nitrogen and oxygen atoms in total. The van der Waals surface area contributed by atoms with Crippen molar-refractivity contribution in [2.75, 3.05) is 18.2 Å². The van der Waals surface area contributed by atoms with E-state index in [4.69, 9.17) is 22.1 Å². The van der Waals surface area contributed by atoms with Crippen molar-refractivity contribution in [3.63, 3.8) is 0 Å². The van der Waals surface area contributed by atoms with Gasteiger partial charge in [0, 0.05) is 6.20 Å². The zero-order valence-electron chi connectivity index (χ0n) is 10.2. The molecule has 0 aliphatic heterocycles. The Bertz CT molecular complexity index is 617. The number of carbonyl (C=O) groups is 1. The smallest absolute Gasteiger partial charge is 0.257 e. The second-order valence-electron chi connectivity index (χ2n) is 3.74. The number of ether oxygens (including phenoxy) is 1. The van der Waals surface area contributed by atoms with Crippen LogP contribution in [-0.4, -0.2) is 18.0 Å². The number of nitrogen functional groups attached to an aromatic ring is 1. The molecule has 0 saturated heterocycles. The number of carbonyl (C=O) groups excluding carboxylic acids is 1. The number of hydrogen-bond acceptors (Lipinski definition) is 4. The second kappa shape index (κ2) is 5.58. The molecule has 0 fully saturated rings. The van der Waals surface area contributed by atoms with Gasteiger partial charge in [-0.3, -0.25) is 4.79 Å². The molecule has 1 heterocycles. The van der Waals surface area contributed by atoms with Gasteiger partial charge in [0.05, 0.1) is 23.4 Å². The fourth-order valence-corrected chi connectivity index (χ4v) is 1.76. The van der Waals surface area contributed by atoms with Crippen LogP contribution in [0.4, 0.5) is 11.5 Å². The topological polar surface area (TPSA) is 77.2 Å². The Kier molecular flexibility index (Phi) is 3.87. The molecule has 0 spiro atoms. The Morgan fingerprint density at radius 2 is 2.16 bits per heavy atom. The third-order valence-electron chi connectivity index (χ3n) is 2.48. The Morgan fingerprint density at radius 3 is 2.89 bits per heavy atom. The van der Waals surface area contributed by atoms with E-state index in [2.05, 4.69) is 10.3 Å². The van der Waals surface area contributed by atoms with Crippen molar-refractivity contribution in [1.29, 1.82) is 0 Å². The van der Waals surface area contributed by atoms with E-state index in [1.165, 1.54) is 19.4 Å². The minimum absolute atomic E-state index is 0.231. The van der Waals surface area contributed by atoms with Crippen LogP contribution in [0.15, 0.2) is 36.5 Å². The molecule has 0 radical (unpaired) electrons. The number of benzene rings is 1. The van der Waals surface area contributed by atoms with Gasteiger partial charge in [-0.15, -0.1) is 0 Å². The van der Waals surface area contributed by atoms with Gasteiger partial charge in [-0.2, -0.15) is 0 Å². The molecule has 3 N–H and O–H groups in total. The van der Waals surface area contributed by atoms with Crippen LogP contribution in [0.2, 0.25) is 5.02 Å². The van der Waals surface area contributed by atoms with Crippen molar-refractivity contribution < 1.29 is 9.53 Å². The van der Waals surface area contributed by atoms with Gasteiger partial charge in [0.25, 0.3) is 5.91 Å². The summed E-state index contributed by atoms with van der Waals surface area (Å²) in [6, 6.07) is 8.51. The number of nitrogens with two attached hydrogens (primary N) is 1. The maximum Gasteiger partial charge on any atom is 0.257 e. The highest BCUT2D eigenvalue weighted by atomic mass is 35.5. The minimum Gasteiger partial charge on any atom is -0.495 e. The molecule has 2 aromatic rings. The molecule has 0 unspecified atom stereocenters. The van der Waals surface area contributed by atoms with Crippen LogP contribution in [0.3, 0.4) is 0 Å². The summed E-state index contributed by atoms with van der Waals surface area (Å²) in [6.45, 7) is 0. The van der Waals surface area contributed by atoms with Crippen LogP contribution in [0.5, 0.6) is 5.75 Å². The standard InChI is InChI=1S/C13H12ClN3O2/c1-19-11-5-3-2-4-10(11)17-13(18)8-6-12(15)16-7-9(8)14/h2-7H,1H3,(H2,15,16)(H,17,18). The fourth-order valence-electron chi connectivity index (χ4n) is 1.57. The average molecular weight is 278 g/mol. The average Bonchev–Trinajstić information content (AvgIpc) is 2.42. The van der Waals surface area contributed by atoms with Crippen LogP contribution in [-0.2, 0) is 0 Å². The van der Waals surface area contributed by atoms with Crippen LogP contribution in [0.1, 0.15) is 10.4 Å². The summed E-state index contributed by atoms with van der Waals surface area (Å²) in [5.74, 6) is 0.423. The number of amides is 1. The first-order valence-corrected chi connectivity index (χ1v) is 5.85. The van der Waals surface area contributed by atoms with Gasteiger partial charge in [0.2, 0.25) is 0 Å². The van der Waals surface area contributed by atoms with Crippen molar-refractivity contribution in [2.24, 2.45) is 0 Å². The zero-order valence-corrected chi connectivity index (χ0v) is 10.9. The third-order valence-corrected chi connectivity index (χ3v) is 2.78. The maximum absolute atomic E-state index is 12.1. The lowest BCUT2D eigenvalue weighted by atomic mass is 10.2. The Balaban J connectivity index is 2.28. The van der Waals surface area contributed by atoms with Crippen molar-refractivity contribution in [3.8, 4) is 5.75 Å². The predicted octanol–water partition coefficient (Wildman–Crippen LogP) is 2.58. The lowest BCUT2D eigenvalue weighted by Gasteiger charge is -2.10. The molecular formula is C13H12ClN3O2.